The van der Waals surface area contributed by atoms with Crippen LogP contribution in [-0.2, 0) is 0 Å². The molecule has 1 aliphatic rings. The summed E-state index contributed by atoms with van der Waals surface area (Å²) in [4.78, 5) is 20.1. The number of hydrogen-bond donors (Lipinski definition) is 2. The molecule has 2 aromatic heterocycles. The van der Waals surface area contributed by atoms with Crippen LogP contribution >= 0.6 is 24.8 Å². The number of nitrogens with one attached hydrogen (secondary N) is 2. The molecule has 3 rings (SSSR count). The summed E-state index contributed by atoms with van der Waals surface area (Å²) in [6.07, 6.45) is 6.86. The molecular weight excluding hydrogens is 327 g/mol. The monoisotopic (exact) mass is 344 g/mol. The quantitative estimate of drug-likeness (QED) is 0.863. The third-order valence-corrected chi connectivity index (χ3v) is 3.33. The third kappa shape index (κ3) is 4.40. The van der Waals surface area contributed by atoms with Crippen molar-refractivity contribution in [1.29, 1.82) is 0 Å². The Bertz CT molecular complexity index is 586. The maximum absolute atomic E-state index is 12.1. The number of pyridine rings is 1. The van der Waals surface area contributed by atoms with Gasteiger partial charge in [0, 0.05) is 24.3 Å². The lowest BCUT2D eigenvalue weighted by Crippen LogP contribution is -2.37. The normalized spacial score (nSPS) is 16.5. The summed E-state index contributed by atoms with van der Waals surface area (Å²) < 4.78 is 1.52. The van der Waals surface area contributed by atoms with Crippen LogP contribution in [0.5, 0.6) is 0 Å². The molecule has 120 valence electrons. The Morgan fingerprint density at radius 3 is 3.00 bits per heavy atom. The maximum Gasteiger partial charge on any atom is 0.251 e. The van der Waals surface area contributed by atoms with Gasteiger partial charge in [0.05, 0.1) is 0 Å². The molecule has 0 bridgehead atoms. The first kappa shape index (κ1) is 18.3. The number of rotatable bonds is 4. The van der Waals surface area contributed by atoms with Gasteiger partial charge in [0.15, 0.2) is 5.82 Å². The Morgan fingerprint density at radius 1 is 1.45 bits per heavy atom. The summed E-state index contributed by atoms with van der Waals surface area (Å²) in [6.45, 7) is 1.69. The van der Waals surface area contributed by atoms with Crippen LogP contribution in [0.4, 0.5) is 0 Å². The second-order valence-corrected chi connectivity index (χ2v) is 4.75. The van der Waals surface area contributed by atoms with Gasteiger partial charge in [0.25, 0.3) is 5.91 Å². The van der Waals surface area contributed by atoms with Gasteiger partial charge >= 0.3 is 0 Å². The zero-order valence-corrected chi connectivity index (χ0v) is 13.4. The summed E-state index contributed by atoms with van der Waals surface area (Å²) in [7, 11) is 0. The molecule has 1 aliphatic heterocycles. The van der Waals surface area contributed by atoms with Crippen molar-refractivity contribution in [3.8, 4) is 5.82 Å². The van der Waals surface area contributed by atoms with Crippen LogP contribution in [0, 0.1) is 0 Å². The molecule has 1 atom stereocenters. The van der Waals surface area contributed by atoms with Crippen molar-refractivity contribution in [3.05, 3.63) is 36.5 Å². The first-order valence-electron chi connectivity index (χ1n) is 6.65. The van der Waals surface area contributed by atoms with Crippen LogP contribution in [-0.4, -0.2) is 44.8 Å². The van der Waals surface area contributed by atoms with Crippen molar-refractivity contribution in [2.45, 2.75) is 18.9 Å². The molecule has 0 aromatic carbocycles. The van der Waals surface area contributed by atoms with Gasteiger partial charge in [-0.2, -0.15) is 5.10 Å². The Morgan fingerprint density at radius 2 is 2.32 bits per heavy atom. The van der Waals surface area contributed by atoms with E-state index in [9.17, 15) is 4.79 Å². The fourth-order valence-corrected chi connectivity index (χ4v) is 2.26. The predicted octanol–water partition coefficient (Wildman–Crippen LogP) is 0.988. The van der Waals surface area contributed by atoms with Crippen LogP contribution in [0.2, 0.25) is 0 Å². The lowest BCUT2D eigenvalue weighted by atomic mass is 10.2. The Balaban J connectivity index is 0.00000121. The molecule has 0 aliphatic carbocycles. The fraction of sp³-hybridized carbons (Fsp3) is 0.385. The Hall–Kier alpha value is -1.70. The average Bonchev–Trinajstić information content (AvgIpc) is 3.18. The smallest absolute Gasteiger partial charge is 0.251 e. The predicted molar refractivity (Wildman–Crippen MR) is 87.0 cm³/mol. The highest BCUT2D eigenvalue weighted by molar-refractivity contribution is 5.94. The van der Waals surface area contributed by atoms with E-state index in [-0.39, 0.29) is 30.7 Å². The number of aromatic nitrogens is 4. The van der Waals surface area contributed by atoms with E-state index in [2.05, 4.69) is 25.7 Å². The van der Waals surface area contributed by atoms with Crippen molar-refractivity contribution >= 4 is 30.7 Å². The number of halogens is 2. The van der Waals surface area contributed by atoms with E-state index < -0.39 is 0 Å². The van der Waals surface area contributed by atoms with Gasteiger partial charge in [-0.3, -0.25) is 4.79 Å². The summed E-state index contributed by atoms with van der Waals surface area (Å²) >= 11 is 0. The van der Waals surface area contributed by atoms with E-state index in [4.69, 9.17) is 0 Å². The number of carbonyl (C=O) groups excluding carboxylic acids is 1. The molecule has 2 aromatic rings. The van der Waals surface area contributed by atoms with E-state index in [1.807, 2.05) is 0 Å². The second kappa shape index (κ2) is 8.67. The highest BCUT2D eigenvalue weighted by Gasteiger charge is 2.15. The minimum atomic E-state index is -0.0949. The van der Waals surface area contributed by atoms with Crippen molar-refractivity contribution in [1.82, 2.24) is 30.4 Å². The van der Waals surface area contributed by atoms with Gasteiger partial charge in [-0.15, -0.1) is 24.8 Å². The largest absolute Gasteiger partial charge is 0.350 e. The van der Waals surface area contributed by atoms with Gasteiger partial charge in [-0.05, 0) is 31.5 Å². The van der Waals surface area contributed by atoms with Gasteiger partial charge < -0.3 is 10.6 Å². The molecule has 1 unspecified atom stereocenters. The third-order valence-electron chi connectivity index (χ3n) is 3.33. The fourth-order valence-electron chi connectivity index (χ4n) is 2.26. The Kier molecular flexibility index (Phi) is 7.23. The van der Waals surface area contributed by atoms with E-state index in [0.29, 0.717) is 24.0 Å². The molecule has 0 saturated carbocycles. The molecule has 3 heterocycles. The van der Waals surface area contributed by atoms with E-state index >= 15 is 0 Å². The molecule has 1 fully saturated rings. The van der Waals surface area contributed by atoms with Crippen molar-refractivity contribution in [2.24, 2.45) is 0 Å². The molecule has 0 radical (unpaired) electrons. The van der Waals surface area contributed by atoms with Gasteiger partial charge in [-0.25, -0.2) is 14.6 Å². The van der Waals surface area contributed by atoms with E-state index in [1.54, 1.807) is 24.7 Å². The first-order chi connectivity index (χ1) is 9.83. The van der Waals surface area contributed by atoms with Gasteiger partial charge in [0.1, 0.15) is 12.7 Å². The van der Waals surface area contributed by atoms with Gasteiger partial charge in [-0.1, -0.05) is 0 Å². The molecular formula is C13H18Cl2N6O. The number of nitrogens with zero attached hydrogens (tertiary/aromatic N) is 4. The van der Waals surface area contributed by atoms with Crippen molar-refractivity contribution in [2.75, 3.05) is 13.1 Å². The molecule has 1 amide bonds. The zero-order chi connectivity index (χ0) is 13.8. The molecule has 22 heavy (non-hydrogen) atoms. The number of amides is 1. The van der Waals surface area contributed by atoms with Gasteiger partial charge in [0.2, 0.25) is 0 Å². The molecule has 7 nitrogen and oxygen atoms in total. The van der Waals surface area contributed by atoms with E-state index in [0.717, 1.165) is 13.0 Å². The summed E-state index contributed by atoms with van der Waals surface area (Å²) in [6, 6.07) is 3.78. The van der Waals surface area contributed by atoms with Crippen LogP contribution in [0.1, 0.15) is 23.2 Å². The minimum Gasteiger partial charge on any atom is -0.350 e. The van der Waals surface area contributed by atoms with E-state index in [1.165, 1.54) is 17.4 Å². The van der Waals surface area contributed by atoms with Crippen molar-refractivity contribution < 1.29 is 4.79 Å². The zero-order valence-electron chi connectivity index (χ0n) is 11.8. The number of hydrogen-bond acceptors (Lipinski definition) is 5. The summed E-state index contributed by atoms with van der Waals surface area (Å²) in [5.41, 5.74) is 0.573. The first-order valence-corrected chi connectivity index (χ1v) is 6.65. The highest BCUT2D eigenvalue weighted by atomic mass is 35.5. The molecule has 9 heteroatoms. The van der Waals surface area contributed by atoms with Crippen molar-refractivity contribution in [3.63, 3.8) is 0 Å². The topological polar surface area (TPSA) is 84.7 Å². The lowest BCUT2D eigenvalue weighted by Gasteiger charge is -2.11. The SMILES string of the molecule is Cl.Cl.O=C(NCC1CCCN1)c1ccnc(-n2cncn2)c1. The van der Waals surface area contributed by atoms with Crippen LogP contribution in [0.15, 0.2) is 31.0 Å². The lowest BCUT2D eigenvalue weighted by molar-refractivity contribution is 0.0950. The molecule has 0 spiro atoms. The maximum atomic E-state index is 12.1. The highest BCUT2D eigenvalue weighted by Crippen LogP contribution is 2.07. The van der Waals surface area contributed by atoms with Crippen LogP contribution < -0.4 is 10.6 Å². The number of carbonyl (C=O) groups is 1. The molecule has 1 saturated heterocycles. The Labute approximate surface area is 140 Å². The average molecular weight is 345 g/mol. The standard InChI is InChI=1S/C13H16N6O.2ClH/c20-13(17-7-11-2-1-4-15-11)10-3-5-16-12(6-10)19-9-14-8-18-19;;/h3,5-6,8-9,11,15H,1-2,4,7H2,(H,17,20);2*1H. The molecule has 2 N–H and O–H groups in total. The van der Waals surface area contributed by atoms with Crippen LogP contribution in [0.25, 0.3) is 5.82 Å². The minimum absolute atomic E-state index is 0. The second-order valence-electron chi connectivity index (χ2n) is 4.75. The summed E-state index contributed by atoms with van der Waals surface area (Å²) in [5.74, 6) is 0.483. The van der Waals surface area contributed by atoms with Crippen LogP contribution in [0.3, 0.4) is 0 Å². The summed E-state index contributed by atoms with van der Waals surface area (Å²) in [5, 5.41) is 10.3.